The molecule has 144 valence electrons. The Bertz CT molecular complexity index is 1170. The molecule has 0 N–H and O–H groups in total. The Hall–Kier alpha value is -2.81. The number of aryl methyl sites for hydroxylation is 2. The highest BCUT2D eigenvalue weighted by Gasteiger charge is 2.12. The van der Waals surface area contributed by atoms with E-state index in [1.54, 1.807) is 0 Å². The quantitative estimate of drug-likeness (QED) is 0.354. The second kappa shape index (κ2) is 8.05. The molecule has 0 aliphatic heterocycles. The molecule has 3 nitrogen and oxygen atoms in total. The van der Waals surface area contributed by atoms with Crippen molar-refractivity contribution in [2.45, 2.75) is 52.5 Å². The Kier molecular flexibility index (Phi) is 5.34. The van der Waals surface area contributed by atoms with E-state index in [9.17, 15) is 4.79 Å². The Morgan fingerprint density at radius 1 is 0.893 bits per heavy atom. The summed E-state index contributed by atoms with van der Waals surface area (Å²) in [7, 11) is 0. The highest BCUT2D eigenvalue weighted by Crippen LogP contribution is 2.22. The van der Waals surface area contributed by atoms with Crippen molar-refractivity contribution in [1.82, 2.24) is 9.13 Å². The lowest BCUT2D eigenvalue weighted by Crippen LogP contribution is -2.16. The third kappa shape index (κ3) is 3.49. The van der Waals surface area contributed by atoms with E-state index in [4.69, 9.17) is 0 Å². The van der Waals surface area contributed by atoms with Gasteiger partial charge in [0.15, 0.2) is 0 Å². The van der Waals surface area contributed by atoms with Gasteiger partial charge in [-0.15, -0.1) is 0 Å². The van der Waals surface area contributed by atoms with Crippen LogP contribution < -0.4 is 5.43 Å². The summed E-state index contributed by atoms with van der Waals surface area (Å²) in [4.78, 5) is 13.3. The summed E-state index contributed by atoms with van der Waals surface area (Å²) in [5.74, 6) is 0. The highest BCUT2D eigenvalue weighted by molar-refractivity contribution is 5.85. The Morgan fingerprint density at radius 3 is 2.57 bits per heavy atom. The Balaban J connectivity index is 1.79. The van der Waals surface area contributed by atoms with Gasteiger partial charge >= 0.3 is 0 Å². The van der Waals surface area contributed by atoms with Crippen molar-refractivity contribution in [2.24, 2.45) is 0 Å². The molecule has 0 unspecified atom stereocenters. The van der Waals surface area contributed by atoms with E-state index < -0.39 is 0 Å². The maximum absolute atomic E-state index is 13.3. The summed E-state index contributed by atoms with van der Waals surface area (Å²) in [6, 6.07) is 16.4. The molecule has 4 rings (SSSR count). The van der Waals surface area contributed by atoms with Crippen LogP contribution in [0.2, 0.25) is 0 Å². The summed E-state index contributed by atoms with van der Waals surface area (Å²) in [5.41, 5.74) is 4.15. The predicted molar refractivity (Wildman–Crippen MR) is 119 cm³/mol. The van der Waals surface area contributed by atoms with Crippen LogP contribution in [0.5, 0.6) is 0 Å². The Morgan fingerprint density at radius 2 is 1.71 bits per heavy atom. The van der Waals surface area contributed by atoms with E-state index in [-0.39, 0.29) is 5.43 Å². The fraction of sp³-hybridized carbons (Fsp3) is 0.320. The molecule has 0 amide bonds. The molecule has 0 radical (unpaired) electrons. The van der Waals surface area contributed by atoms with Crippen molar-refractivity contribution in [2.75, 3.05) is 0 Å². The van der Waals surface area contributed by atoms with Gasteiger partial charge in [-0.25, -0.2) is 0 Å². The lowest BCUT2D eigenvalue weighted by Gasteiger charge is -2.15. The fourth-order valence-corrected chi connectivity index (χ4v) is 4.04. The van der Waals surface area contributed by atoms with Gasteiger partial charge in [-0.1, -0.05) is 56.4 Å². The summed E-state index contributed by atoms with van der Waals surface area (Å²) in [6.45, 7) is 5.28. The van der Waals surface area contributed by atoms with Gasteiger partial charge in [0, 0.05) is 29.7 Å². The zero-order valence-electron chi connectivity index (χ0n) is 16.8. The van der Waals surface area contributed by atoms with Crippen molar-refractivity contribution >= 4 is 21.8 Å². The highest BCUT2D eigenvalue weighted by atomic mass is 16.1. The number of fused-ring (bicyclic) bond motifs is 2. The molecule has 4 aromatic rings. The normalized spacial score (nSPS) is 11.5. The first kappa shape index (κ1) is 18.5. The van der Waals surface area contributed by atoms with Crippen molar-refractivity contribution < 1.29 is 0 Å². The molecule has 3 heteroatoms. The molecule has 28 heavy (non-hydrogen) atoms. The van der Waals surface area contributed by atoms with Gasteiger partial charge in [0.2, 0.25) is 5.43 Å². The molecular weight excluding hydrogens is 344 g/mol. The number of para-hydroxylation sites is 1. The minimum absolute atomic E-state index is 0.0934. The summed E-state index contributed by atoms with van der Waals surface area (Å²) >= 11 is 0. The maximum atomic E-state index is 13.3. The minimum atomic E-state index is 0.0934. The van der Waals surface area contributed by atoms with E-state index in [2.05, 4.69) is 48.7 Å². The number of benzene rings is 2. The van der Waals surface area contributed by atoms with Gasteiger partial charge in [-0.05, 0) is 43.7 Å². The van der Waals surface area contributed by atoms with Gasteiger partial charge in [-0.2, -0.15) is 0 Å². The molecular formula is C25H28N2O. The first-order chi connectivity index (χ1) is 13.7. The third-order valence-corrected chi connectivity index (χ3v) is 5.58. The van der Waals surface area contributed by atoms with Crippen LogP contribution >= 0.6 is 0 Å². The van der Waals surface area contributed by atoms with E-state index in [0.29, 0.717) is 0 Å². The van der Waals surface area contributed by atoms with Crippen molar-refractivity contribution in [1.29, 1.82) is 0 Å². The first-order valence-electron chi connectivity index (χ1n) is 10.4. The SMILES string of the molecule is CCCCCCCn1cc(-n2ccc3cc(C)ccc32)c(=O)c2ccccc21. The number of aromatic nitrogens is 2. The van der Waals surface area contributed by atoms with Gasteiger partial charge in [0.25, 0.3) is 0 Å². The average molecular weight is 373 g/mol. The topological polar surface area (TPSA) is 26.9 Å². The fourth-order valence-electron chi connectivity index (χ4n) is 4.04. The number of nitrogens with zero attached hydrogens (tertiary/aromatic N) is 2. The molecule has 0 bridgehead atoms. The summed E-state index contributed by atoms with van der Waals surface area (Å²) < 4.78 is 4.30. The molecule has 0 aliphatic carbocycles. The number of pyridine rings is 1. The van der Waals surface area contributed by atoms with Crippen molar-refractivity contribution in [3.8, 4) is 5.69 Å². The maximum Gasteiger partial charge on any atom is 0.213 e. The van der Waals surface area contributed by atoms with Crippen LogP contribution in [0.15, 0.2) is 65.7 Å². The molecule has 2 aromatic carbocycles. The molecule has 0 saturated heterocycles. The molecule has 0 spiro atoms. The van der Waals surface area contributed by atoms with Crippen LogP contribution in [0.4, 0.5) is 0 Å². The lowest BCUT2D eigenvalue weighted by atomic mass is 10.1. The summed E-state index contributed by atoms with van der Waals surface area (Å²) in [6.07, 6.45) is 10.3. The van der Waals surface area contributed by atoms with Crippen LogP contribution in [-0.4, -0.2) is 9.13 Å². The van der Waals surface area contributed by atoms with Gasteiger partial charge in [0.05, 0.1) is 11.0 Å². The van der Waals surface area contributed by atoms with E-state index in [0.717, 1.165) is 35.1 Å². The monoisotopic (exact) mass is 372 g/mol. The lowest BCUT2D eigenvalue weighted by molar-refractivity contribution is 0.575. The van der Waals surface area contributed by atoms with Crippen molar-refractivity contribution in [3.63, 3.8) is 0 Å². The molecule has 0 saturated carbocycles. The molecule has 2 heterocycles. The Labute approximate surface area is 166 Å². The van der Waals surface area contributed by atoms with E-state index in [1.807, 2.05) is 35.2 Å². The molecule has 2 aromatic heterocycles. The predicted octanol–water partition coefficient (Wildman–Crippen LogP) is 6.22. The zero-order valence-corrected chi connectivity index (χ0v) is 16.8. The van der Waals surface area contributed by atoms with Gasteiger partial charge in [0.1, 0.15) is 5.69 Å². The number of unbranched alkanes of at least 4 members (excludes halogenated alkanes) is 4. The molecule has 0 aliphatic rings. The second-order valence-corrected chi connectivity index (χ2v) is 7.72. The van der Waals surface area contributed by atoms with Crippen molar-refractivity contribution in [3.05, 3.63) is 76.7 Å². The van der Waals surface area contributed by atoms with Crippen LogP contribution in [0.1, 0.15) is 44.6 Å². The van der Waals surface area contributed by atoms with E-state index >= 15 is 0 Å². The third-order valence-electron chi connectivity index (χ3n) is 5.58. The van der Waals surface area contributed by atoms with Crippen LogP contribution in [-0.2, 0) is 6.54 Å². The number of rotatable bonds is 7. The standard InChI is InChI=1S/C25H28N2O/c1-3-4-5-6-9-15-26-18-24(25(28)21-10-7-8-11-23(21)26)27-16-14-20-17-19(2)12-13-22(20)27/h7-8,10-14,16-18H,3-6,9,15H2,1-2H3. The van der Waals surface area contributed by atoms with Crippen LogP contribution in [0.3, 0.4) is 0 Å². The second-order valence-electron chi connectivity index (χ2n) is 7.72. The van der Waals surface area contributed by atoms with Gasteiger partial charge < -0.3 is 9.13 Å². The largest absolute Gasteiger partial charge is 0.345 e. The smallest absolute Gasteiger partial charge is 0.213 e. The van der Waals surface area contributed by atoms with E-state index in [1.165, 1.54) is 36.6 Å². The first-order valence-corrected chi connectivity index (χ1v) is 10.4. The zero-order chi connectivity index (χ0) is 19.5. The number of hydrogen-bond donors (Lipinski definition) is 0. The average Bonchev–Trinajstić information content (AvgIpc) is 3.12. The summed E-state index contributed by atoms with van der Waals surface area (Å²) in [5, 5.41) is 1.96. The van der Waals surface area contributed by atoms with Crippen LogP contribution in [0, 0.1) is 6.92 Å². The molecule has 0 atom stereocenters. The minimum Gasteiger partial charge on any atom is -0.345 e. The van der Waals surface area contributed by atoms with Gasteiger partial charge in [-0.3, -0.25) is 4.79 Å². The molecule has 0 fully saturated rings. The van der Waals surface area contributed by atoms with Crippen LogP contribution in [0.25, 0.3) is 27.5 Å². The number of hydrogen-bond acceptors (Lipinski definition) is 1.